The molecule has 1 amide bonds. The standard InChI is InChI=1S/C18H25N5O/c1-13-20-17(23-22-13)14-5-7-15(8-6-14)21-16(24)11-18(12-19)9-3-2-4-10-18/h5-8H,2-4,9-12,19H2,1H3,(H,21,24)(H,20,22,23). The second-order valence-corrected chi connectivity index (χ2v) is 6.81. The van der Waals surface area contributed by atoms with Gasteiger partial charge in [-0.15, -0.1) is 0 Å². The van der Waals surface area contributed by atoms with Crippen LogP contribution in [0, 0.1) is 12.3 Å². The minimum atomic E-state index is -0.0151. The largest absolute Gasteiger partial charge is 0.330 e. The molecule has 0 radical (unpaired) electrons. The van der Waals surface area contributed by atoms with E-state index in [4.69, 9.17) is 5.73 Å². The van der Waals surface area contributed by atoms with Crippen LogP contribution in [0.4, 0.5) is 5.69 Å². The summed E-state index contributed by atoms with van der Waals surface area (Å²) in [5, 5.41) is 9.95. The van der Waals surface area contributed by atoms with E-state index in [0.717, 1.165) is 29.9 Å². The smallest absolute Gasteiger partial charge is 0.224 e. The van der Waals surface area contributed by atoms with Crippen LogP contribution in [0.3, 0.4) is 0 Å². The van der Waals surface area contributed by atoms with E-state index < -0.39 is 0 Å². The topological polar surface area (TPSA) is 96.7 Å². The summed E-state index contributed by atoms with van der Waals surface area (Å²) in [6.45, 7) is 2.45. The van der Waals surface area contributed by atoms with Gasteiger partial charge in [-0.05, 0) is 56.0 Å². The van der Waals surface area contributed by atoms with Gasteiger partial charge in [-0.2, -0.15) is 5.10 Å². The lowest BCUT2D eigenvalue weighted by molar-refractivity contribution is -0.118. The van der Waals surface area contributed by atoms with Gasteiger partial charge in [0.1, 0.15) is 5.82 Å². The molecule has 1 aromatic heterocycles. The number of hydrogen-bond donors (Lipinski definition) is 3. The number of hydrogen-bond acceptors (Lipinski definition) is 4. The summed E-state index contributed by atoms with van der Waals surface area (Å²) in [6, 6.07) is 7.60. The van der Waals surface area contributed by atoms with Crippen molar-refractivity contribution in [2.75, 3.05) is 11.9 Å². The van der Waals surface area contributed by atoms with Gasteiger partial charge in [0.05, 0.1) is 0 Å². The average molecular weight is 327 g/mol. The molecule has 0 atom stereocenters. The Morgan fingerprint density at radius 2 is 1.96 bits per heavy atom. The van der Waals surface area contributed by atoms with Crippen LogP contribution >= 0.6 is 0 Å². The van der Waals surface area contributed by atoms with E-state index in [9.17, 15) is 4.79 Å². The Kier molecular flexibility index (Phi) is 4.94. The second-order valence-electron chi connectivity index (χ2n) is 6.81. The number of nitrogens with two attached hydrogens (primary N) is 1. The van der Waals surface area contributed by atoms with Gasteiger partial charge >= 0.3 is 0 Å². The van der Waals surface area contributed by atoms with E-state index in [-0.39, 0.29) is 11.3 Å². The first-order valence-electron chi connectivity index (χ1n) is 8.60. The van der Waals surface area contributed by atoms with Crippen LogP contribution in [-0.2, 0) is 4.79 Å². The molecule has 24 heavy (non-hydrogen) atoms. The molecule has 1 aliphatic carbocycles. The first kappa shape index (κ1) is 16.6. The summed E-state index contributed by atoms with van der Waals surface area (Å²) in [5.41, 5.74) is 7.66. The molecule has 0 aliphatic heterocycles. The molecule has 1 aliphatic rings. The number of aromatic amines is 1. The lowest BCUT2D eigenvalue weighted by atomic mass is 9.71. The summed E-state index contributed by atoms with van der Waals surface area (Å²) in [4.78, 5) is 16.7. The number of nitrogens with zero attached hydrogens (tertiary/aromatic N) is 2. The molecule has 1 saturated carbocycles. The number of carbonyl (C=O) groups is 1. The van der Waals surface area contributed by atoms with Crippen LogP contribution < -0.4 is 11.1 Å². The van der Waals surface area contributed by atoms with Crippen molar-refractivity contribution in [3.05, 3.63) is 30.1 Å². The van der Waals surface area contributed by atoms with Crippen molar-refractivity contribution >= 4 is 11.6 Å². The van der Waals surface area contributed by atoms with E-state index in [2.05, 4.69) is 20.5 Å². The third kappa shape index (κ3) is 3.82. The maximum Gasteiger partial charge on any atom is 0.224 e. The molecule has 1 heterocycles. The molecule has 0 bridgehead atoms. The van der Waals surface area contributed by atoms with Crippen molar-refractivity contribution in [3.63, 3.8) is 0 Å². The Labute approximate surface area is 142 Å². The van der Waals surface area contributed by atoms with Gasteiger partial charge in [0.25, 0.3) is 0 Å². The number of rotatable bonds is 5. The van der Waals surface area contributed by atoms with Crippen LogP contribution in [0.25, 0.3) is 11.4 Å². The van der Waals surface area contributed by atoms with Gasteiger partial charge in [0.15, 0.2) is 5.82 Å². The first-order valence-corrected chi connectivity index (χ1v) is 8.60. The van der Waals surface area contributed by atoms with Gasteiger partial charge in [0, 0.05) is 17.7 Å². The highest BCUT2D eigenvalue weighted by Crippen LogP contribution is 2.38. The Morgan fingerprint density at radius 1 is 1.25 bits per heavy atom. The number of aromatic nitrogens is 3. The number of nitrogens with one attached hydrogen (secondary N) is 2. The minimum Gasteiger partial charge on any atom is -0.330 e. The molecule has 4 N–H and O–H groups in total. The average Bonchev–Trinajstić information content (AvgIpc) is 3.03. The molecule has 0 spiro atoms. The third-order valence-electron chi connectivity index (χ3n) is 4.91. The zero-order valence-electron chi connectivity index (χ0n) is 14.1. The Hall–Kier alpha value is -2.21. The molecule has 6 nitrogen and oxygen atoms in total. The number of amides is 1. The minimum absolute atomic E-state index is 0.0151. The van der Waals surface area contributed by atoms with Crippen LogP contribution in [0.5, 0.6) is 0 Å². The number of benzene rings is 1. The maximum absolute atomic E-state index is 12.4. The van der Waals surface area contributed by atoms with E-state index >= 15 is 0 Å². The van der Waals surface area contributed by atoms with Crippen molar-refractivity contribution in [2.45, 2.75) is 45.4 Å². The van der Waals surface area contributed by atoms with Gasteiger partial charge in [-0.25, -0.2) is 4.98 Å². The van der Waals surface area contributed by atoms with Crippen LogP contribution in [0.15, 0.2) is 24.3 Å². The van der Waals surface area contributed by atoms with E-state index in [1.807, 2.05) is 31.2 Å². The van der Waals surface area contributed by atoms with Crippen molar-refractivity contribution in [2.24, 2.45) is 11.1 Å². The lowest BCUT2D eigenvalue weighted by Gasteiger charge is -2.35. The molecular formula is C18H25N5O. The Bertz CT molecular complexity index is 686. The number of aryl methyl sites for hydroxylation is 1. The molecule has 2 aromatic rings. The summed E-state index contributed by atoms with van der Waals surface area (Å²) in [5.74, 6) is 1.49. The highest BCUT2D eigenvalue weighted by atomic mass is 16.1. The van der Waals surface area contributed by atoms with Crippen molar-refractivity contribution in [1.82, 2.24) is 15.2 Å². The number of H-pyrrole nitrogens is 1. The van der Waals surface area contributed by atoms with Gasteiger partial charge in [-0.3, -0.25) is 9.89 Å². The number of carbonyl (C=O) groups excluding carboxylic acids is 1. The third-order valence-corrected chi connectivity index (χ3v) is 4.91. The SMILES string of the molecule is Cc1nc(-c2ccc(NC(=O)CC3(CN)CCCCC3)cc2)n[nH]1. The maximum atomic E-state index is 12.4. The Morgan fingerprint density at radius 3 is 2.54 bits per heavy atom. The fourth-order valence-electron chi connectivity index (χ4n) is 3.48. The zero-order chi connectivity index (χ0) is 17.0. The van der Waals surface area contributed by atoms with Crippen molar-refractivity contribution in [3.8, 4) is 11.4 Å². The molecule has 6 heteroatoms. The van der Waals surface area contributed by atoms with E-state index in [0.29, 0.717) is 18.8 Å². The molecule has 1 fully saturated rings. The monoisotopic (exact) mass is 327 g/mol. The normalized spacial score (nSPS) is 16.8. The number of anilines is 1. The molecule has 0 unspecified atom stereocenters. The summed E-state index contributed by atoms with van der Waals surface area (Å²) in [6.07, 6.45) is 6.22. The van der Waals surface area contributed by atoms with Gasteiger partial charge in [0.2, 0.25) is 5.91 Å². The van der Waals surface area contributed by atoms with Gasteiger partial charge in [-0.1, -0.05) is 19.3 Å². The fourth-order valence-corrected chi connectivity index (χ4v) is 3.48. The van der Waals surface area contributed by atoms with Crippen molar-refractivity contribution < 1.29 is 4.79 Å². The quantitative estimate of drug-likeness (QED) is 0.786. The first-order chi connectivity index (χ1) is 11.6. The summed E-state index contributed by atoms with van der Waals surface area (Å²) in [7, 11) is 0. The summed E-state index contributed by atoms with van der Waals surface area (Å²) < 4.78 is 0. The molecule has 0 saturated heterocycles. The fraction of sp³-hybridized carbons (Fsp3) is 0.500. The lowest BCUT2D eigenvalue weighted by Crippen LogP contribution is -2.36. The second kappa shape index (κ2) is 7.13. The molecular weight excluding hydrogens is 302 g/mol. The van der Waals surface area contributed by atoms with Crippen LogP contribution in [0.2, 0.25) is 0 Å². The predicted octanol–water partition coefficient (Wildman–Crippen LogP) is 3.02. The zero-order valence-corrected chi connectivity index (χ0v) is 14.1. The molecule has 3 rings (SSSR count). The highest BCUT2D eigenvalue weighted by molar-refractivity contribution is 5.91. The summed E-state index contributed by atoms with van der Waals surface area (Å²) >= 11 is 0. The van der Waals surface area contributed by atoms with E-state index in [1.54, 1.807) is 0 Å². The van der Waals surface area contributed by atoms with Crippen LogP contribution in [0.1, 0.15) is 44.3 Å². The van der Waals surface area contributed by atoms with E-state index in [1.165, 1.54) is 19.3 Å². The Balaban J connectivity index is 1.62. The van der Waals surface area contributed by atoms with Gasteiger partial charge < -0.3 is 11.1 Å². The molecule has 1 aromatic carbocycles. The molecule has 128 valence electrons. The highest BCUT2D eigenvalue weighted by Gasteiger charge is 2.32. The van der Waals surface area contributed by atoms with Crippen LogP contribution in [-0.4, -0.2) is 27.6 Å². The van der Waals surface area contributed by atoms with Crippen molar-refractivity contribution in [1.29, 1.82) is 0 Å². The predicted molar refractivity (Wildman–Crippen MR) is 94.4 cm³/mol.